The van der Waals surface area contributed by atoms with Crippen LogP contribution < -0.4 is 9.47 Å². The van der Waals surface area contributed by atoms with Gasteiger partial charge in [-0.15, -0.1) is 0 Å². The summed E-state index contributed by atoms with van der Waals surface area (Å²) in [6.07, 6.45) is 2.19. The third kappa shape index (κ3) is 5.13. The summed E-state index contributed by atoms with van der Waals surface area (Å²) in [7, 11) is 1.37. The van der Waals surface area contributed by atoms with E-state index < -0.39 is 10.9 Å². The van der Waals surface area contributed by atoms with Gasteiger partial charge >= 0.3 is 11.7 Å². The lowest BCUT2D eigenvalue weighted by Gasteiger charge is -2.07. The highest BCUT2D eigenvalue weighted by molar-refractivity contribution is 5.66. The van der Waals surface area contributed by atoms with Crippen LogP contribution in [0.1, 0.15) is 25.7 Å². The molecule has 0 bridgehead atoms. The van der Waals surface area contributed by atoms with Crippen LogP contribution >= 0.6 is 0 Å². The zero-order valence-electron chi connectivity index (χ0n) is 11.2. The van der Waals surface area contributed by atoms with Gasteiger partial charge in [-0.05, 0) is 31.4 Å². The van der Waals surface area contributed by atoms with Crippen LogP contribution in [-0.4, -0.2) is 29.7 Å². The van der Waals surface area contributed by atoms with Crippen LogP contribution in [0.3, 0.4) is 0 Å². The summed E-state index contributed by atoms with van der Waals surface area (Å²) in [5.74, 6) is -0.226. The first kappa shape index (κ1) is 15.7. The second kappa shape index (κ2) is 7.98. The van der Waals surface area contributed by atoms with Gasteiger partial charge < -0.3 is 14.6 Å². The van der Waals surface area contributed by atoms with Crippen molar-refractivity contribution in [1.29, 1.82) is 0 Å². The number of nitrogens with zero attached hydrogens (tertiary/aromatic N) is 1. The predicted octanol–water partition coefficient (Wildman–Crippen LogP) is 2.63. The maximum atomic E-state index is 10.8. The molecule has 20 heavy (non-hydrogen) atoms. The molecule has 0 spiro atoms. The van der Waals surface area contributed by atoms with Crippen molar-refractivity contribution in [2.75, 3.05) is 13.7 Å². The number of rotatable bonds is 9. The summed E-state index contributed by atoms with van der Waals surface area (Å²) in [6.45, 7) is 0.392. The molecule has 1 aromatic carbocycles. The molecule has 1 N–H and O–H groups in total. The van der Waals surface area contributed by atoms with Gasteiger partial charge in [-0.25, -0.2) is 0 Å². The zero-order chi connectivity index (χ0) is 15.0. The van der Waals surface area contributed by atoms with Crippen molar-refractivity contribution in [2.24, 2.45) is 0 Å². The number of ether oxygens (including phenoxy) is 2. The molecule has 7 nitrogen and oxygen atoms in total. The first-order chi connectivity index (χ1) is 9.54. The maximum Gasteiger partial charge on any atom is 0.314 e. The molecule has 0 aliphatic rings. The average molecular weight is 283 g/mol. The Kier molecular flexibility index (Phi) is 6.28. The number of unbranched alkanes of at least 4 members (excludes halogenated alkanes) is 2. The van der Waals surface area contributed by atoms with Gasteiger partial charge in [0.05, 0.1) is 24.7 Å². The molecule has 0 aromatic heterocycles. The number of methoxy groups -OCH3 is 1. The van der Waals surface area contributed by atoms with E-state index in [1.54, 1.807) is 6.07 Å². The van der Waals surface area contributed by atoms with Crippen LogP contribution in [-0.2, 0) is 4.79 Å². The predicted molar refractivity (Wildman–Crippen MR) is 71.2 cm³/mol. The second-order valence-electron chi connectivity index (χ2n) is 4.14. The molecular weight excluding hydrogens is 266 g/mol. The summed E-state index contributed by atoms with van der Waals surface area (Å²) in [5, 5.41) is 19.3. The smallest absolute Gasteiger partial charge is 0.314 e. The summed E-state index contributed by atoms with van der Waals surface area (Å²) >= 11 is 0. The Morgan fingerprint density at radius 3 is 2.70 bits per heavy atom. The quantitative estimate of drug-likeness (QED) is 0.425. The number of benzene rings is 1. The van der Waals surface area contributed by atoms with Gasteiger partial charge in [0.1, 0.15) is 5.75 Å². The van der Waals surface area contributed by atoms with Crippen molar-refractivity contribution >= 4 is 11.7 Å². The number of carboxylic acid groups (broad SMARTS) is 1. The number of aliphatic carboxylic acids is 1. The van der Waals surface area contributed by atoms with Crippen molar-refractivity contribution in [3.63, 3.8) is 0 Å². The summed E-state index contributed by atoms with van der Waals surface area (Å²) in [6, 6.07) is 4.40. The molecule has 1 rings (SSSR count). The van der Waals surface area contributed by atoms with E-state index in [2.05, 4.69) is 0 Å². The number of carboxylic acids is 1. The average Bonchev–Trinajstić information content (AvgIpc) is 2.42. The Morgan fingerprint density at radius 1 is 1.35 bits per heavy atom. The Balaban J connectivity index is 2.42. The molecular formula is C13H17NO6. The second-order valence-corrected chi connectivity index (χ2v) is 4.14. The van der Waals surface area contributed by atoms with Crippen LogP contribution in [0.4, 0.5) is 5.69 Å². The molecule has 0 heterocycles. The van der Waals surface area contributed by atoms with Gasteiger partial charge in [0.2, 0.25) is 0 Å². The first-order valence-electron chi connectivity index (χ1n) is 6.21. The van der Waals surface area contributed by atoms with Crippen molar-refractivity contribution in [3.05, 3.63) is 28.3 Å². The van der Waals surface area contributed by atoms with Crippen molar-refractivity contribution in [2.45, 2.75) is 25.7 Å². The summed E-state index contributed by atoms with van der Waals surface area (Å²) in [5.41, 5.74) is -0.143. The minimum atomic E-state index is -0.809. The molecule has 0 fully saturated rings. The number of carbonyl (C=O) groups is 1. The van der Waals surface area contributed by atoms with E-state index in [-0.39, 0.29) is 17.9 Å². The molecule has 0 amide bonds. The molecule has 0 aliphatic heterocycles. The van der Waals surface area contributed by atoms with Crippen LogP contribution in [0.15, 0.2) is 18.2 Å². The molecule has 0 saturated carbocycles. The minimum absolute atomic E-state index is 0.143. The standard InChI is InChI=1S/C13H17NO6/c1-19-12-7-6-10(9-11(12)14(17)18)20-8-4-2-3-5-13(15)16/h6-7,9H,2-5,8H2,1H3,(H,15,16). The van der Waals surface area contributed by atoms with Gasteiger partial charge in [-0.2, -0.15) is 0 Å². The highest BCUT2D eigenvalue weighted by atomic mass is 16.6. The lowest BCUT2D eigenvalue weighted by molar-refractivity contribution is -0.385. The van der Waals surface area contributed by atoms with Crippen LogP contribution in [0.2, 0.25) is 0 Å². The summed E-state index contributed by atoms with van der Waals surface area (Å²) in [4.78, 5) is 20.6. The number of hydrogen-bond acceptors (Lipinski definition) is 5. The monoisotopic (exact) mass is 283 g/mol. The van der Waals surface area contributed by atoms with E-state index in [9.17, 15) is 14.9 Å². The lowest BCUT2D eigenvalue weighted by Crippen LogP contribution is -2.00. The Morgan fingerprint density at radius 2 is 2.10 bits per heavy atom. The molecule has 0 unspecified atom stereocenters. The molecule has 0 radical (unpaired) electrons. The molecule has 110 valence electrons. The van der Waals surface area contributed by atoms with Gasteiger partial charge in [-0.3, -0.25) is 14.9 Å². The largest absolute Gasteiger partial charge is 0.493 e. The van der Waals surface area contributed by atoms with Crippen molar-refractivity contribution < 1.29 is 24.3 Å². The molecule has 7 heteroatoms. The highest BCUT2D eigenvalue weighted by Crippen LogP contribution is 2.30. The van der Waals surface area contributed by atoms with Gasteiger partial charge in [-0.1, -0.05) is 0 Å². The minimum Gasteiger partial charge on any atom is -0.493 e. The van der Waals surface area contributed by atoms with Crippen LogP contribution in [0.5, 0.6) is 11.5 Å². The van der Waals surface area contributed by atoms with Gasteiger partial charge in [0.15, 0.2) is 5.75 Å². The molecule has 0 saturated heterocycles. The van der Waals surface area contributed by atoms with E-state index in [0.717, 1.165) is 6.42 Å². The fourth-order valence-electron chi connectivity index (χ4n) is 1.65. The third-order valence-electron chi connectivity index (χ3n) is 2.65. The fourth-order valence-corrected chi connectivity index (χ4v) is 1.65. The molecule has 0 atom stereocenters. The van der Waals surface area contributed by atoms with E-state index in [0.29, 0.717) is 25.2 Å². The zero-order valence-corrected chi connectivity index (χ0v) is 11.2. The van der Waals surface area contributed by atoms with Crippen LogP contribution in [0.25, 0.3) is 0 Å². The first-order valence-corrected chi connectivity index (χ1v) is 6.21. The van der Waals surface area contributed by atoms with E-state index in [4.69, 9.17) is 14.6 Å². The Labute approximate surface area is 116 Å². The molecule has 1 aromatic rings. The molecule has 0 aliphatic carbocycles. The van der Waals surface area contributed by atoms with Gasteiger partial charge in [0.25, 0.3) is 0 Å². The number of nitro groups is 1. The Bertz CT molecular complexity index is 474. The third-order valence-corrected chi connectivity index (χ3v) is 2.65. The van der Waals surface area contributed by atoms with Crippen molar-refractivity contribution in [3.8, 4) is 11.5 Å². The highest BCUT2D eigenvalue weighted by Gasteiger charge is 2.15. The van der Waals surface area contributed by atoms with E-state index in [1.807, 2.05) is 0 Å². The number of nitro benzene ring substituents is 1. The Hall–Kier alpha value is -2.31. The normalized spacial score (nSPS) is 10.1. The van der Waals surface area contributed by atoms with E-state index in [1.165, 1.54) is 19.2 Å². The fraction of sp³-hybridized carbons (Fsp3) is 0.462. The van der Waals surface area contributed by atoms with E-state index >= 15 is 0 Å². The van der Waals surface area contributed by atoms with Gasteiger partial charge in [0, 0.05) is 6.42 Å². The SMILES string of the molecule is COc1ccc(OCCCCCC(=O)O)cc1[N+](=O)[O-]. The van der Waals surface area contributed by atoms with Crippen LogP contribution in [0, 0.1) is 10.1 Å². The lowest BCUT2D eigenvalue weighted by atomic mass is 10.2. The maximum absolute atomic E-state index is 10.8. The van der Waals surface area contributed by atoms with Crippen molar-refractivity contribution in [1.82, 2.24) is 0 Å². The summed E-state index contributed by atoms with van der Waals surface area (Å²) < 4.78 is 10.3. The number of hydrogen-bond donors (Lipinski definition) is 1. The topological polar surface area (TPSA) is 98.9 Å².